The lowest BCUT2D eigenvalue weighted by molar-refractivity contribution is 0.0968. The van der Waals surface area contributed by atoms with Crippen molar-refractivity contribution in [2.45, 2.75) is 25.2 Å². The summed E-state index contributed by atoms with van der Waals surface area (Å²) in [5.41, 5.74) is 6.65. The van der Waals surface area contributed by atoms with Crippen molar-refractivity contribution in [3.63, 3.8) is 0 Å². The number of nitrogens with one attached hydrogen (secondary N) is 2. The van der Waals surface area contributed by atoms with Gasteiger partial charge in [-0.3, -0.25) is 4.79 Å². The highest BCUT2D eigenvalue weighted by Gasteiger charge is 2.19. The lowest BCUT2D eigenvalue weighted by Gasteiger charge is -2.19. The number of nitrogens with zero attached hydrogens (tertiary/aromatic N) is 1. The Kier molecular flexibility index (Phi) is 7.92. The van der Waals surface area contributed by atoms with Gasteiger partial charge < -0.3 is 21.3 Å². The van der Waals surface area contributed by atoms with Gasteiger partial charge in [0.2, 0.25) is 0 Å². The Morgan fingerprint density at radius 1 is 1.38 bits per heavy atom. The number of thiophene rings is 1. The number of thioether (sulfide) groups is 1. The maximum Gasteiger partial charge on any atom is 0.263 e. The molecule has 0 unspecified atom stereocenters. The number of hydrogen-bond donors (Lipinski definition) is 3. The predicted octanol–water partition coefficient (Wildman–Crippen LogP) is 2.56. The van der Waals surface area contributed by atoms with E-state index in [0.29, 0.717) is 10.6 Å². The van der Waals surface area contributed by atoms with Crippen LogP contribution >= 0.6 is 23.1 Å². The maximum absolute atomic E-state index is 11.8. The molecule has 0 fully saturated rings. The summed E-state index contributed by atoms with van der Waals surface area (Å²) in [6.07, 6.45) is 3.14. The molecule has 4 N–H and O–H groups in total. The van der Waals surface area contributed by atoms with Crippen molar-refractivity contribution < 1.29 is 4.79 Å². The smallest absolute Gasteiger partial charge is 0.263 e. The molecule has 120 valence electrons. The van der Waals surface area contributed by atoms with Gasteiger partial charge in [0, 0.05) is 20.1 Å². The summed E-state index contributed by atoms with van der Waals surface area (Å²) in [4.78, 5) is 15.8. The van der Waals surface area contributed by atoms with Crippen LogP contribution < -0.4 is 16.4 Å². The first-order valence-corrected chi connectivity index (χ1v) is 9.27. The van der Waals surface area contributed by atoms with E-state index < -0.39 is 0 Å². The van der Waals surface area contributed by atoms with Crippen molar-refractivity contribution >= 4 is 39.7 Å². The fourth-order valence-corrected chi connectivity index (χ4v) is 4.11. The first kappa shape index (κ1) is 18.1. The van der Waals surface area contributed by atoms with Crippen molar-refractivity contribution in [2.75, 3.05) is 50.5 Å². The zero-order chi connectivity index (χ0) is 15.8. The van der Waals surface area contributed by atoms with Gasteiger partial charge in [0.1, 0.15) is 9.88 Å². The van der Waals surface area contributed by atoms with Crippen LogP contribution in [0.4, 0.5) is 10.7 Å². The maximum atomic E-state index is 11.8. The molecule has 7 heteroatoms. The summed E-state index contributed by atoms with van der Waals surface area (Å²) in [6.45, 7) is 8.39. The van der Waals surface area contributed by atoms with Crippen LogP contribution in [0, 0.1) is 0 Å². The van der Waals surface area contributed by atoms with Crippen molar-refractivity contribution in [3.8, 4) is 0 Å². The van der Waals surface area contributed by atoms with Gasteiger partial charge in [-0.05, 0) is 25.8 Å². The lowest BCUT2D eigenvalue weighted by atomic mass is 10.3. The van der Waals surface area contributed by atoms with Crippen LogP contribution in [-0.2, 0) is 0 Å². The van der Waals surface area contributed by atoms with E-state index in [-0.39, 0.29) is 5.91 Å². The number of likely N-dealkylation sites (N-methyl/N-ethyl adjacent to an activating group) is 1. The van der Waals surface area contributed by atoms with Crippen molar-refractivity contribution in [2.24, 2.45) is 0 Å². The molecule has 0 bridgehead atoms. The number of carbonyl (C=O) groups excluding carboxylic acids is 1. The fraction of sp³-hybridized carbons (Fsp3) is 0.643. The average Bonchev–Trinajstić information content (AvgIpc) is 2.81. The summed E-state index contributed by atoms with van der Waals surface area (Å²) in [6, 6.07) is 0. The topological polar surface area (TPSA) is 70.4 Å². The molecule has 0 saturated heterocycles. The number of rotatable bonds is 9. The SMILES string of the molecule is CCCN(CC)CCNc1sc(C(=O)NC)c(N)c1SC. The minimum atomic E-state index is -0.123. The molecular formula is C14H26N4OS2. The molecule has 1 aromatic heterocycles. The molecule has 0 atom stereocenters. The third-order valence-electron chi connectivity index (χ3n) is 3.24. The largest absolute Gasteiger partial charge is 0.396 e. The van der Waals surface area contributed by atoms with Gasteiger partial charge >= 0.3 is 0 Å². The van der Waals surface area contributed by atoms with Crippen molar-refractivity contribution in [1.29, 1.82) is 0 Å². The average molecular weight is 331 g/mol. The van der Waals surface area contributed by atoms with E-state index >= 15 is 0 Å². The van der Waals surface area contributed by atoms with E-state index in [4.69, 9.17) is 5.73 Å². The summed E-state index contributed by atoms with van der Waals surface area (Å²) in [5.74, 6) is -0.123. The van der Waals surface area contributed by atoms with Crippen LogP contribution in [0.2, 0.25) is 0 Å². The number of carbonyl (C=O) groups is 1. The normalized spacial score (nSPS) is 10.9. The molecule has 5 nitrogen and oxygen atoms in total. The van der Waals surface area contributed by atoms with Gasteiger partial charge in [0.15, 0.2) is 0 Å². The van der Waals surface area contributed by atoms with Crippen LogP contribution in [0.25, 0.3) is 0 Å². The Morgan fingerprint density at radius 2 is 2.10 bits per heavy atom. The number of anilines is 2. The zero-order valence-electron chi connectivity index (χ0n) is 13.3. The number of hydrogen-bond acceptors (Lipinski definition) is 6. The van der Waals surface area contributed by atoms with E-state index in [2.05, 4.69) is 29.4 Å². The first-order chi connectivity index (χ1) is 10.1. The van der Waals surface area contributed by atoms with Crippen LogP contribution in [0.5, 0.6) is 0 Å². The molecule has 0 radical (unpaired) electrons. The molecule has 1 heterocycles. The molecule has 0 aliphatic heterocycles. The Bertz CT molecular complexity index is 462. The third-order valence-corrected chi connectivity index (χ3v) is 5.36. The van der Waals surface area contributed by atoms with Crippen LogP contribution in [0.1, 0.15) is 29.9 Å². The monoisotopic (exact) mass is 330 g/mol. The van der Waals surface area contributed by atoms with Crippen molar-refractivity contribution in [3.05, 3.63) is 4.88 Å². The van der Waals surface area contributed by atoms with E-state index in [1.807, 2.05) is 6.26 Å². The number of nitrogen functional groups attached to an aromatic ring is 1. The lowest BCUT2D eigenvalue weighted by Crippen LogP contribution is -2.29. The Balaban J connectivity index is 2.72. The Hall–Kier alpha value is -0.920. The summed E-state index contributed by atoms with van der Waals surface area (Å²) in [7, 11) is 1.62. The molecule has 0 aromatic carbocycles. The minimum absolute atomic E-state index is 0.123. The van der Waals surface area contributed by atoms with E-state index in [0.717, 1.165) is 42.5 Å². The second-order valence-corrected chi connectivity index (χ2v) is 6.48. The van der Waals surface area contributed by atoms with Gasteiger partial charge in [0.25, 0.3) is 5.91 Å². The quantitative estimate of drug-likeness (QED) is 0.607. The molecular weight excluding hydrogens is 304 g/mol. The van der Waals surface area contributed by atoms with E-state index in [1.165, 1.54) is 11.3 Å². The summed E-state index contributed by atoms with van der Waals surface area (Å²) >= 11 is 3.00. The minimum Gasteiger partial charge on any atom is -0.396 e. The van der Waals surface area contributed by atoms with Gasteiger partial charge in [0.05, 0.1) is 10.6 Å². The fourth-order valence-electron chi connectivity index (χ4n) is 2.10. The van der Waals surface area contributed by atoms with Crippen LogP contribution in [0.3, 0.4) is 0 Å². The first-order valence-electron chi connectivity index (χ1n) is 7.23. The van der Waals surface area contributed by atoms with E-state index in [1.54, 1.807) is 18.8 Å². The molecule has 1 aromatic rings. The van der Waals surface area contributed by atoms with Gasteiger partial charge in [-0.2, -0.15) is 0 Å². The molecule has 21 heavy (non-hydrogen) atoms. The van der Waals surface area contributed by atoms with E-state index in [9.17, 15) is 4.79 Å². The Labute approximate surface area is 135 Å². The van der Waals surface area contributed by atoms with Crippen LogP contribution in [0.15, 0.2) is 4.90 Å². The predicted molar refractivity (Wildman–Crippen MR) is 94.8 cm³/mol. The zero-order valence-corrected chi connectivity index (χ0v) is 14.9. The highest BCUT2D eigenvalue weighted by atomic mass is 32.2. The van der Waals surface area contributed by atoms with Gasteiger partial charge in [-0.15, -0.1) is 23.1 Å². The molecule has 1 rings (SSSR count). The number of amides is 1. The van der Waals surface area contributed by atoms with Crippen molar-refractivity contribution in [1.82, 2.24) is 10.2 Å². The highest BCUT2D eigenvalue weighted by molar-refractivity contribution is 7.99. The standard InChI is InChI=1S/C14H26N4OS2/c1-5-8-18(6-2)9-7-17-14-12(20-4)10(15)11(21-14)13(19)16-3/h17H,5-9,15H2,1-4H3,(H,16,19). The van der Waals surface area contributed by atoms with Gasteiger partial charge in [-0.1, -0.05) is 13.8 Å². The molecule has 0 spiro atoms. The number of nitrogens with two attached hydrogens (primary N) is 1. The van der Waals surface area contributed by atoms with Gasteiger partial charge in [-0.25, -0.2) is 0 Å². The summed E-state index contributed by atoms with van der Waals surface area (Å²) < 4.78 is 0. The molecule has 0 saturated carbocycles. The second kappa shape index (κ2) is 9.17. The molecule has 0 aliphatic rings. The third kappa shape index (κ3) is 4.79. The highest BCUT2D eigenvalue weighted by Crippen LogP contribution is 2.41. The Morgan fingerprint density at radius 3 is 2.62 bits per heavy atom. The van der Waals surface area contributed by atoms with Crippen LogP contribution in [-0.4, -0.2) is 50.3 Å². The summed E-state index contributed by atoms with van der Waals surface area (Å²) in [5, 5.41) is 7.05. The molecule has 1 amide bonds. The second-order valence-electron chi connectivity index (χ2n) is 4.65. The molecule has 0 aliphatic carbocycles.